The summed E-state index contributed by atoms with van der Waals surface area (Å²) in [4.78, 5) is 12.2. The van der Waals surface area contributed by atoms with Gasteiger partial charge in [-0.05, 0) is 25.5 Å². The predicted molar refractivity (Wildman–Crippen MR) is 89.8 cm³/mol. The van der Waals surface area contributed by atoms with Crippen LogP contribution in [0.5, 0.6) is 5.75 Å². The molecule has 0 saturated carbocycles. The van der Waals surface area contributed by atoms with Gasteiger partial charge in [-0.15, -0.1) is 0 Å². The molecule has 0 amide bonds. The Balaban J connectivity index is 2.26. The molecular weight excluding hydrogens is 353 g/mol. The number of esters is 1. The van der Waals surface area contributed by atoms with Crippen molar-refractivity contribution >= 4 is 21.7 Å². The van der Waals surface area contributed by atoms with E-state index in [4.69, 9.17) is 9.47 Å². The number of sulfonamides is 1. The van der Waals surface area contributed by atoms with E-state index >= 15 is 0 Å². The Hall–Kier alpha value is -1.91. The number of carbonyl (C=O) groups is 1. The van der Waals surface area contributed by atoms with Crippen molar-refractivity contribution in [3.05, 3.63) is 24.0 Å². The summed E-state index contributed by atoms with van der Waals surface area (Å²) in [6.45, 7) is 3.60. The summed E-state index contributed by atoms with van der Waals surface area (Å²) in [6.07, 6.45) is 0.513. The number of methoxy groups -OCH3 is 1. The smallest absolute Gasteiger partial charge is 0.313 e. The number of halogens is 1. The number of ether oxygens (including phenoxy) is 2. The highest BCUT2D eigenvalue weighted by molar-refractivity contribution is 7.93. The van der Waals surface area contributed by atoms with Gasteiger partial charge in [0.15, 0.2) is 11.2 Å². The minimum atomic E-state index is -4.12. The highest BCUT2D eigenvalue weighted by Gasteiger charge is 2.48. The quantitative estimate of drug-likeness (QED) is 0.610. The number of benzene rings is 1. The molecule has 0 spiro atoms. The van der Waals surface area contributed by atoms with Crippen LogP contribution < -0.4 is 20.3 Å². The second kappa shape index (κ2) is 7.98. The fourth-order valence-electron chi connectivity index (χ4n) is 2.65. The lowest BCUT2D eigenvalue weighted by Crippen LogP contribution is -2.44. The molecule has 1 fully saturated rings. The Kier molecular flexibility index (Phi) is 6.20. The van der Waals surface area contributed by atoms with E-state index in [1.165, 1.54) is 19.2 Å². The number of hydrazine groups is 1. The minimum Gasteiger partial charge on any atom is -0.497 e. The number of hydrogen-bond donors (Lipinski definition) is 3. The van der Waals surface area contributed by atoms with Gasteiger partial charge in [-0.2, -0.15) is 0 Å². The highest BCUT2D eigenvalue weighted by Crippen LogP contribution is 2.27. The van der Waals surface area contributed by atoms with Crippen LogP contribution in [0.15, 0.2) is 18.2 Å². The van der Waals surface area contributed by atoms with Crippen molar-refractivity contribution in [2.75, 3.05) is 18.4 Å². The van der Waals surface area contributed by atoms with E-state index in [2.05, 4.69) is 15.6 Å². The van der Waals surface area contributed by atoms with Crippen LogP contribution in [0.1, 0.15) is 20.3 Å². The second-order valence-electron chi connectivity index (χ2n) is 5.49. The van der Waals surface area contributed by atoms with Crippen LogP contribution in [0, 0.1) is 11.7 Å². The van der Waals surface area contributed by atoms with Crippen molar-refractivity contribution in [2.24, 2.45) is 5.92 Å². The van der Waals surface area contributed by atoms with Gasteiger partial charge in [0.05, 0.1) is 19.4 Å². The van der Waals surface area contributed by atoms with E-state index in [0.29, 0.717) is 6.42 Å². The van der Waals surface area contributed by atoms with Crippen LogP contribution in [0.2, 0.25) is 0 Å². The lowest BCUT2D eigenvalue weighted by molar-refractivity contribution is -0.148. The van der Waals surface area contributed by atoms with Gasteiger partial charge in [0.25, 0.3) is 10.0 Å². The molecule has 1 saturated heterocycles. The standard InChI is InChI=1S/C15H22FN3O5S/c1-4-11-13(15(20)24-5-2)14(18-17-11)25(21,22)19-12-7-6-9(23-3)8-10(12)16/h6-8,11,13-14,17-19H,4-5H2,1-3H3. The largest absolute Gasteiger partial charge is 0.497 e. The van der Waals surface area contributed by atoms with E-state index in [9.17, 15) is 17.6 Å². The normalized spacial score (nSPS) is 23.3. The highest BCUT2D eigenvalue weighted by atomic mass is 32.2. The third kappa shape index (κ3) is 4.20. The number of carbonyl (C=O) groups excluding carboxylic acids is 1. The summed E-state index contributed by atoms with van der Waals surface area (Å²) < 4.78 is 51.4. The maximum Gasteiger partial charge on any atom is 0.313 e. The molecule has 1 aromatic carbocycles. The van der Waals surface area contributed by atoms with Gasteiger partial charge in [-0.25, -0.2) is 18.2 Å². The van der Waals surface area contributed by atoms with Crippen molar-refractivity contribution in [1.82, 2.24) is 10.9 Å². The third-order valence-electron chi connectivity index (χ3n) is 3.93. The van der Waals surface area contributed by atoms with Gasteiger partial charge in [-0.1, -0.05) is 6.92 Å². The Bertz CT molecular complexity index is 728. The molecule has 0 bridgehead atoms. The summed E-state index contributed by atoms with van der Waals surface area (Å²) in [5.74, 6) is -2.11. The summed E-state index contributed by atoms with van der Waals surface area (Å²) >= 11 is 0. The van der Waals surface area contributed by atoms with E-state index in [0.717, 1.165) is 6.07 Å². The average Bonchev–Trinajstić information content (AvgIpc) is 3.02. The molecular formula is C15H22FN3O5S. The minimum absolute atomic E-state index is 0.138. The average molecular weight is 375 g/mol. The molecule has 3 atom stereocenters. The van der Waals surface area contributed by atoms with Crippen LogP contribution in [0.4, 0.5) is 10.1 Å². The van der Waals surface area contributed by atoms with Crippen LogP contribution in [0.3, 0.4) is 0 Å². The van der Waals surface area contributed by atoms with E-state index in [1.807, 2.05) is 6.92 Å². The fourth-order valence-corrected chi connectivity index (χ4v) is 4.16. The molecule has 3 unspecified atom stereocenters. The SMILES string of the molecule is CCOC(=O)C1C(CC)NNC1S(=O)(=O)Nc1ccc(OC)cc1F. The first-order valence-corrected chi connectivity index (χ1v) is 9.41. The van der Waals surface area contributed by atoms with Crippen molar-refractivity contribution in [3.8, 4) is 5.75 Å². The molecule has 3 N–H and O–H groups in total. The van der Waals surface area contributed by atoms with Gasteiger partial charge in [-0.3, -0.25) is 14.9 Å². The molecule has 1 heterocycles. The van der Waals surface area contributed by atoms with Crippen LogP contribution in [-0.2, 0) is 19.6 Å². The molecule has 1 aliphatic rings. The summed E-state index contributed by atoms with van der Waals surface area (Å²) in [5, 5.41) is -1.29. The molecule has 1 aromatic rings. The first kappa shape index (κ1) is 19.4. The first-order valence-electron chi connectivity index (χ1n) is 7.86. The molecule has 1 aliphatic heterocycles. The topological polar surface area (TPSA) is 106 Å². The number of rotatable bonds is 7. The molecule has 2 rings (SSSR count). The lowest BCUT2D eigenvalue weighted by atomic mass is 10.00. The summed E-state index contributed by atoms with van der Waals surface area (Å²) in [6, 6.07) is 3.33. The summed E-state index contributed by atoms with van der Waals surface area (Å²) in [7, 11) is -2.74. The van der Waals surface area contributed by atoms with E-state index in [-0.39, 0.29) is 18.0 Å². The van der Waals surface area contributed by atoms with Gasteiger partial charge >= 0.3 is 5.97 Å². The van der Waals surface area contributed by atoms with Gasteiger partial charge < -0.3 is 9.47 Å². The zero-order chi connectivity index (χ0) is 18.6. The zero-order valence-electron chi connectivity index (χ0n) is 14.2. The summed E-state index contributed by atoms with van der Waals surface area (Å²) in [5.41, 5.74) is 5.16. The number of nitrogens with one attached hydrogen (secondary N) is 3. The number of anilines is 1. The van der Waals surface area contributed by atoms with E-state index < -0.39 is 39.1 Å². The van der Waals surface area contributed by atoms with E-state index in [1.54, 1.807) is 6.92 Å². The fraction of sp³-hybridized carbons (Fsp3) is 0.533. The van der Waals surface area contributed by atoms with Crippen molar-refractivity contribution < 1.29 is 27.1 Å². The Labute approximate surface area is 146 Å². The number of hydrogen-bond acceptors (Lipinski definition) is 7. The lowest BCUT2D eigenvalue weighted by Gasteiger charge is -2.21. The van der Waals surface area contributed by atoms with Gasteiger partial charge in [0.2, 0.25) is 0 Å². The molecule has 0 radical (unpaired) electrons. The molecule has 10 heteroatoms. The molecule has 8 nitrogen and oxygen atoms in total. The van der Waals surface area contributed by atoms with Crippen molar-refractivity contribution in [3.63, 3.8) is 0 Å². The third-order valence-corrected chi connectivity index (χ3v) is 5.52. The van der Waals surface area contributed by atoms with Crippen LogP contribution in [-0.4, -0.2) is 39.5 Å². The van der Waals surface area contributed by atoms with Crippen LogP contribution >= 0.6 is 0 Å². The monoisotopic (exact) mass is 375 g/mol. The van der Waals surface area contributed by atoms with Gasteiger partial charge in [0, 0.05) is 12.1 Å². The maximum atomic E-state index is 14.0. The van der Waals surface area contributed by atoms with Crippen LogP contribution in [0.25, 0.3) is 0 Å². The Morgan fingerprint density at radius 3 is 2.60 bits per heavy atom. The van der Waals surface area contributed by atoms with Crippen molar-refractivity contribution in [1.29, 1.82) is 0 Å². The Morgan fingerprint density at radius 2 is 2.04 bits per heavy atom. The molecule has 25 heavy (non-hydrogen) atoms. The second-order valence-corrected chi connectivity index (χ2v) is 7.30. The molecule has 0 aliphatic carbocycles. The molecule has 0 aromatic heterocycles. The zero-order valence-corrected chi connectivity index (χ0v) is 15.0. The first-order chi connectivity index (χ1) is 11.8. The predicted octanol–water partition coefficient (Wildman–Crippen LogP) is 0.968. The molecule has 140 valence electrons. The van der Waals surface area contributed by atoms with Gasteiger partial charge in [0.1, 0.15) is 11.7 Å². The Morgan fingerprint density at radius 1 is 1.32 bits per heavy atom. The maximum absolute atomic E-state index is 14.0. The van der Waals surface area contributed by atoms with Crippen molar-refractivity contribution in [2.45, 2.75) is 31.7 Å².